The molecule has 0 spiro atoms. The van der Waals surface area contributed by atoms with Gasteiger partial charge in [-0.25, -0.2) is 4.79 Å². The van der Waals surface area contributed by atoms with Gasteiger partial charge in [-0.2, -0.15) is 0 Å². The Kier molecular flexibility index (Phi) is 6.52. The Hall–Kier alpha value is -1.40. The van der Waals surface area contributed by atoms with Gasteiger partial charge in [-0.05, 0) is 18.4 Å². The highest BCUT2D eigenvalue weighted by atomic mass is 32.1. The topological polar surface area (TPSA) is 67.4 Å². The second-order valence-electron chi connectivity index (χ2n) is 4.29. The number of hydrogen-bond acceptors (Lipinski definition) is 5. The second-order valence-corrected chi connectivity index (χ2v) is 5.21. The summed E-state index contributed by atoms with van der Waals surface area (Å²) in [5, 5.41) is 8.21. The molecule has 0 bridgehead atoms. The molecule has 1 amide bonds. The van der Waals surface area contributed by atoms with Crippen LogP contribution in [0.2, 0.25) is 0 Å². The van der Waals surface area contributed by atoms with E-state index in [1.807, 2.05) is 13.8 Å². The summed E-state index contributed by atoms with van der Waals surface area (Å²) in [5.74, 6) is -0.513. The fourth-order valence-electron chi connectivity index (χ4n) is 1.44. The molecule has 19 heavy (non-hydrogen) atoms. The number of carbonyl (C=O) groups excluding carboxylic acids is 2. The molecule has 106 valence electrons. The molecule has 5 nitrogen and oxygen atoms in total. The zero-order valence-corrected chi connectivity index (χ0v) is 12.3. The van der Waals surface area contributed by atoms with Gasteiger partial charge in [0.25, 0.3) is 0 Å². The molecule has 0 saturated carbocycles. The Labute approximate surface area is 117 Å². The van der Waals surface area contributed by atoms with Gasteiger partial charge in [0.15, 0.2) is 0 Å². The third-order valence-electron chi connectivity index (χ3n) is 2.32. The predicted octanol–water partition coefficient (Wildman–Crippen LogP) is 2.25. The van der Waals surface area contributed by atoms with E-state index < -0.39 is 5.97 Å². The zero-order chi connectivity index (χ0) is 14.3. The van der Waals surface area contributed by atoms with E-state index in [1.165, 1.54) is 11.3 Å². The highest BCUT2D eigenvalue weighted by Crippen LogP contribution is 2.24. The summed E-state index contributed by atoms with van der Waals surface area (Å²) in [6.07, 6.45) is 0.373. The van der Waals surface area contributed by atoms with Crippen LogP contribution in [0, 0.1) is 0 Å². The minimum atomic E-state index is -0.403. The number of carbonyl (C=O) groups is 2. The molecule has 0 fully saturated rings. The van der Waals surface area contributed by atoms with Crippen LogP contribution in [-0.4, -0.2) is 31.1 Å². The average molecular weight is 284 g/mol. The van der Waals surface area contributed by atoms with E-state index in [2.05, 4.69) is 10.6 Å². The van der Waals surface area contributed by atoms with Crippen molar-refractivity contribution in [3.63, 3.8) is 0 Å². The molecular formula is C13H20N2O3S. The summed E-state index contributed by atoms with van der Waals surface area (Å²) in [5.41, 5.74) is 0.414. The number of nitrogens with one attached hydrogen (secondary N) is 2. The number of esters is 1. The fourth-order valence-corrected chi connectivity index (χ4v) is 2.23. The first-order chi connectivity index (χ1) is 9.04. The molecule has 0 unspecified atom stereocenters. The predicted molar refractivity (Wildman–Crippen MR) is 76.7 cm³/mol. The lowest BCUT2D eigenvalue weighted by molar-refractivity contribution is -0.116. The van der Waals surface area contributed by atoms with Crippen LogP contribution in [0.1, 0.15) is 37.6 Å². The van der Waals surface area contributed by atoms with E-state index in [4.69, 9.17) is 4.74 Å². The smallest absolute Gasteiger partial charge is 0.341 e. The number of rotatable bonds is 7. The monoisotopic (exact) mass is 284 g/mol. The van der Waals surface area contributed by atoms with Crippen LogP contribution in [0.3, 0.4) is 0 Å². The molecule has 0 aliphatic rings. The van der Waals surface area contributed by atoms with Crippen LogP contribution >= 0.6 is 11.3 Å². The van der Waals surface area contributed by atoms with E-state index in [1.54, 1.807) is 18.4 Å². The van der Waals surface area contributed by atoms with Crippen LogP contribution < -0.4 is 10.6 Å². The van der Waals surface area contributed by atoms with Gasteiger partial charge < -0.3 is 15.4 Å². The molecule has 2 N–H and O–H groups in total. The van der Waals surface area contributed by atoms with Crippen molar-refractivity contribution in [2.75, 3.05) is 18.5 Å². The van der Waals surface area contributed by atoms with Crippen LogP contribution in [0.25, 0.3) is 0 Å². The van der Waals surface area contributed by atoms with Crippen molar-refractivity contribution >= 4 is 28.2 Å². The number of hydrogen-bond donors (Lipinski definition) is 2. The van der Waals surface area contributed by atoms with Crippen LogP contribution in [-0.2, 0) is 9.53 Å². The molecular weight excluding hydrogens is 264 g/mol. The molecule has 0 aliphatic heterocycles. The molecule has 0 saturated heterocycles. The minimum absolute atomic E-state index is 0.110. The van der Waals surface area contributed by atoms with Crippen molar-refractivity contribution in [1.82, 2.24) is 5.32 Å². The van der Waals surface area contributed by atoms with E-state index in [0.717, 1.165) is 0 Å². The Morgan fingerprint density at radius 1 is 1.42 bits per heavy atom. The van der Waals surface area contributed by atoms with Crippen molar-refractivity contribution in [2.45, 2.75) is 33.2 Å². The van der Waals surface area contributed by atoms with Crippen molar-refractivity contribution in [3.05, 3.63) is 17.0 Å². The van der Waals surface area contributed by atoms with Gasteiger partial charge in [0.05, 0.1) is 12.2 Å². The van der Waals surface area contributed by atoms with Crippen LogP contribution in [0.15, 0.2) is 11.4 Å². The molecule has 1 aromatic heterocycles. The lowest BCUT2D eigenvalue weighted by Gasteiger charge is -2.08. The Bertz CT molecular complexity index is 429. The van der Waals surface area contributed by atoms with E-state index in [0.29, 0.717) is 36.2 Å². The summed E-state index contributed by atoms with van der Waals surface area (Å²) in [7, 11) is 0. The normalized spacial score (nSPS) is 10.5. The lowest BCUT2D eigenvalue weighted by atomic mass is 10.3. The number of amides is 1. The Morgan fingerprint density at radius 3 is 2.79 bits per heavy atom. The van der Waals surface area contributed by atoms with Crippen molar-refractivity contribution in [3.8, 4) is 0 Å². The fraction of sp³-hybridized carbons (Fsp3) is 0.538. The van der Waals surface area contributed by atoms with Crippen molar-refractivity contribution < 1.29 is 14.3 Å². The van der Waals surface area contributed by atoms with Crippen LogP contribution in [0.4, 0.5) is 5.00 Å². The van der Waals surface area contributed by atoms with Gasteiger partial charge in [0.2, 0.25) is 5.91 Å². The molecule has 6 heteroatoms. The van der Waals surface area contributed by atoms with E-state index in [-0.39, 0.29) is 5.91 Å². The van der Waals surface area contributed by atoms with Crippen molar-refractivity contribution in [2.24, 2.45) is 0 Å². The Balaban J connectivity index is 2.50. The maximum absolute atomic E-state index is 11.7. The maximum Gasteiger partial charge on any atom is 0.341 e. The lowest BCUT2D eigenvalue weighted by Crippen LogP contribution is -2.27. The highest BCUT2D eigenvalue weighted by Gasteiger charge is 2.15. The van der Waals surface area contributed by atoms with E-state index >= 15 is 0 Å². The number of thiophene rings is 1. The summed E-state index contributed by atoms with van der Waals surface area (Å²) < 4.78 is 4.93. The first kappa shape index (κ1) is 15.7. The van der Waals surface area contributed by atoms with Gasteiger partial charge in [-0.3, -0.25) is 4.79 Å². The summed E-state index contributed by atoms with van der Waals surface area (Å²) >= 11 is 1.32. The van der Waals surface area contributed by atoms with E-state index in [9.17, 15) is 9.59 Å². The summed E-state index contributed by atoms with van der Waals surface area (Å²) in [4.78, 5) is 23.4. The number of ether oxygens (including phenoxy) is 1. The van der Waals surface area contributed by atoms with Gasteiger partial charge in [0, 0.05) is 19.0 Å². The largest absolute Gasteiger partial charge is 0.462 e. The summed E-state index contributed by atoms with van der Waals surface area (Å²) in [6, 6.07) is 2.01. The number of anilines is 1. The van der Waals surface area contributed by atoms with Gasteiger partial charge in [-0.15, -0.1) is 11.3 Å². The third kappa shape index (κ3) is 5.40. The third-order valence-corrected chi connectivity index (χ3v) is 3.15. The average Bonchev–Trinajstić information content (AvgIpc) is 2.76. The first-order valence-corrected chi connectivity index (χ1v) is 7.20. The van der Waals surface area contributed by atoms with Gasteiger partial charge in [-0.1, -0.05) is 13.8 Å². The molecule has 1 heterocycles. The molecule has 0 aromatic carbocycles. The molecule has 0 radical (unpaired) electrons. The van der Waals surface area contributed by atoms with Crippen LogP contribution in [0.5, 0.6) is 0 Å². The second kappa shape index (κ2) is 7.91. The minimum Gasteiger partial charge on any atom is -0.462 e. The quantitative estimate of drug-likeness (QED) is 0.754. The highest BCUT2D eigenvalue weighted by molar-refractivity contribution is 7.14. The molecule has 0 atom stereocenters. The standard InChI is InChI=1S/C13H20N2O3S/c1-4-18-13(17)10-6-8-19-12(10)15-11(16)5-7-14-9(2)3/h6,8-9,14H,4-5,7H2,1-3H3,(H,15,16). The Morgan fingerprint density at radius 2 is 2.16 bits per heavy atom. The summed E-state index contributed by atoms with van der Waals surface area (Å²) in [6.45, 7) is 6.73. The molecule has 1 aromatic rings. The molecule has 1 rings (SSSR count). The van der Waals surface area contributed by atoms with Crippen molar-refractivity contribution in [1.29, 1.82) is 0 Å². The molecule has 0 aliphatic carbocycles. The van der Waals surface area contributed by atoms with Gasteiger partial charge in [0.1, 0.15) is 5.00 Å². The first-order valence-electron chi connectivity index (χ1n) is 6.32. The van der Waals surface area contributed by atoms with Gasteiger partial charge >= 0.3 is 5.97 Å². The SMILES string of the molecule is CCOC(=O)c1ccsc1NC(=O)CCNC(C)C. The zero-order valence-electron chi connectivity index (χ0n) is 11.5. The maximum atomic E-state index is 11.7.